The highest BCUT2D eigenvalue weighted by atomic mass is 16.5. The van der Waals surface area contributed by atoms with Crippen LogP contribution in [-0.4, -0.2) is 79.0 Å². The van der Waals surface area contributed by atoms with Crippen molar-refractivity contribution in [2.75, 3.05) is 45.9 Å². The molecule has 0 saturated carbocycles. The van der Waals surface area contributed by atoms with E-state index in [1.165, 1.54) is 5.56 Å². The number of aliphatic hydroxyl groups excluding tert-OH is 1. The maximum Gasteiger partial charge on any atom is 0.260 e. The molecular formula is C24H36N2O4. The van der Waals surface area contributed by atoms with Crippen LogP contribution in [0.3, 0.4) is 0 Å². The second-order valence-electron chi connectivity index (χ2n) is 9.71. The van der Waals surface area contributed by atoms with Crippen molar-refractivity contribution >= 4 is 5.91 Å². The van der Waals surface area contributed by atoms with Gasteiger partial charge >= 0.3 is 0 Å². The van der Waals surface area contributed by atoms with Gasteiger partial charge in [-0.1, -0.05) is 24.6 Å². The Hall–Kier alpha value is -1.63. The van der Waals surface area contributed by atoms with Crippen molar-refractivity contribution in [3.05, 3.63) is 29.8 Å². The molecule has 6 heteroatoms. The summed E-state index contributed by atoms with van der Waals surface area (Å²) >= 11 is 0. The van der Waals surface area contributed by atoms with E-state index in [9.17, 15) is 9.90 Å². The lowest BCUT2D eigenvalue weighted by atomic mass is 9.76. The van der Waals surface area contributed by atoms with Crippen molar-refractivity contribution in [2.24, 2.45) is 11.3 Å². The zero-order chi connectivity index (χ0) is 21.1. The summed E-state index contributed by atoms with van der Waals surface area (Å²) in [5.74, 6) is 1.21. The third-order valence-corrected chi connectivity index (χ3v) is 7.31. The minimum Gasteiger partial charge on any atom is -0.484 e. The van der Waals surface area contributed by atoms with E-state index in [2.05, 4.69) is 11.8 Å². The predicted molar refractivity (Wildman–Crippen MR) is 116 cm³/mol. The predicted octanol–water partition coefficient (Wildman–Crippen LogP) is 2.47. The van der Waals surface area contributed by atoms with Crippen LogP contribution in [0.25, 0.3) is 0 Å². The molecule has 1 amide bonds. The molecule has 4 rings (SSSR count). The van der Waals surface area contributed by atoms with E-state index in [4.69, 9.17) is 9.47 Å². The molecule has 0 radical (unpaired) electrons. The highest BCUT2D eigenvalue weighted by Crippen LogP contribution is 2.42. The molecule has 0 aliphatic carbocycles. The Bertz CT molecular complexity index is 714. The number of ether oxygens (including phenoxy) is 2. The van der Waals surface area contributed by atoms with Crippen LogP contribution in [0.2, 0.25) is 0 Å². The van der Waals surface area contributed by atoms with E-state index < -0.39 is 0 Å². The van der Waals surface area contributed by atoms with Crippen LogP contribution >= 0.6 is 0 Å². The number of nitrogens with zero attached hydrogens (tertiary/aromatic N) is 2. The third-order valence-electron chi connectivity index (χ3n) is 7.31. The van der Waals surface area contributed by atoms with Gasteiger partial charge in [0, 0.05) is 26.2 Å². The van der Waals surface area contributed by atoms with Gasteiger partial charge in [0.2, 0.25) is 0 Å². The Morgan fingerprint density at radius 3 is 2.67 bits per heavy atom. The first-order chi connectivity index (χ1) is 14.4. The molecule has 1 aromatic carbocycles. The molecule has 3 atom stereocenters. The molecular weight excluding hydrogens is 380 g/mol. The van der Waals surface area contributed by atoms with Gasteiger partial charge in [0.25, 0.3) is 5.91 Å². The van der Waals surface area contributed by atoms with Crippen molar-refractivity contribution in [1.82, 2.24) is 9.80 Å². The number of amides is 1. The Labute approximate surface area is 180 Å². The molecule has 166 valence electrons. The molecule has 3 heterocycles. The lowest BCUT2D eigenvalue weighted by Crippen LogP contribution is -2.46. The van der Waals surface area contributed by atoms with Gasteiger partial charge in [0.15, 0.2) is 6.61 Å². The lowest BCUT2D eigenvalue weighted by molar-refractivity contribution is -0.135. The fourth-order valence-corrected chi connectivity index (χ4v) is 5.03. The van der Waals surface area contributed by atoms with Crippen LogP contribution in [0, 0.1) is 18.3 Å². The molecule has 1 aromatic rings. The van der Waals surface area contributed by atoms with E-state index >= 15 is 0 Å². The molecule has 3 saturated heterocycles. The van der Waals surface area contributed by atoms with Crippen LogP contribution in [0.4, 0.5) is 0 Å². The molecule has 6 nitrogen and oxygen atoms in total. The van der Waals surface area contributed by atoms with Gasteiger partial charge in [0.05, 0.1) is 18.8 Å². The summed E-state index contributed by atoms with van der Waals surface area (Å²) < 4.78 is 11.8. The van der Waals surface area contributed by atoms with E-state index in [0.29, 0.717) is 5.92 Å². The monoisotopic (exact) mass is 416 g/mol. The van der Waals surface area contributed by atoms with Gasteiger partial charge in [-0.2, -0.15) is 0 Å². The summed E-state index contributed by atoms with van der Waals surface area (Å²) in [4.78, 5) is 16.9. The zero-order valence-corrected chi connectivity index (χ0v) is 18.4. The minimum absolute atomic E-state index is 0.0670. The number of likely N-dealkylation sites (tertiary alicyclic amines) is 2. The van der Waals surface area contributed by atoms with Crippen LogP contribution in [0.1, 0.15) is 38.2 Å². The number of benzene rings is 1. The average molecular weight is 417 g/mol. The fourth-order valence-electron chi connectivity index (χ4n) is 5.03. The van der Waals surface area contributed by atoms with E-state index in [0.717, 1.165) is 70.8 Å². The second-order valence-corrected chi connectivity index (χ2v) is 9.71. The van der Waals surface area contributed by atoms with Gasteiger partial charge < -0.3 is 19.5 Å². The highest BCUT2D eigenvalue weighted by molar-refractivity contribution is 5.77. The van der Waals surface area contributed by atoms with Crippen LogP contribution < -0.4 is 4.74 Å². The van der Waals surface area contributed by atoms with Crippen LogP contribution in [0.5, 0.6) is 5.75 Å². The topological polar surface area (TPSA) is 62.2 Å². The number of β-amino-alcohol motifs (C(OH)–C–C–N with tert-alkyl or cyclic N) is 1. The quantitative estimate of drug-likeness (QED) is 0.799. The number of aliphatic hydroxyl groups is 1. The Kier molecular flexibility index (Phi) is 6.66. The molecule has 1 N–H and O–H groups in total. The zero-order valence-electron chi connectivity index (χ0n) is 18.4. The molecule has 3 aliphatic heterocycles. The maximum absolute atomic E-state index is 12.6. The van der Waals surface area contributed by atoms with Gasteiger partial charge in [-0.15, -0.1) is 0 Å². The summed E-state index contributed by atoms with van der Waals surface area (Å²) in [7, 11) is 0. The fraction of sp³-hybridized carbons (Fsp3) is 0.708. The SMILES string of the molecule is Cc1ccc(OCC(=O)N2CCC3(CC2)COC(CN2CC[C@@H](C)[C@H](O)C2)C3)cc1. The second kappa shape index (κ2) is 9.25. The number of carbonyl (C=O) groups excluding carboxylic acids is 1. The maximum atomic E-state index is 12.6. The number of hydrogen-bond acceptors (Lipinski definition) is 5. The smallest absolute Gasteiger partial charge is 0.260 e. The number of aryl methyl sites for hydroxylation is 1. The number of piperidine rings is 2. The van der Waals surface area contributed by atoms with Gasteiger partial charge in [0.1, 0.15) is 5.75 Å². The summed E-state index contributed by atoms with van der Waals surface area (Å²) in [6.45, 7) is 9.36. The molecule has 0 aromatic heterocycles. The van der Waals surface area contributed by atoms with E-state index in [-0.39, 0.29) is 30.1 Å². The largest absolute Gasteiger partial charge is 0.484 e. The van der Waals surface area contributed by atoms with Crippen molar-refractivity contribution in [2.45, 2.75) is 51.7 Å². The molecule has 1 spiro atoms. The summed E-state index contributed by atoms with van der Waals surface area (Å²) in [5, 5.41) is 10.1. The molecule has 3 aliphatic rings. The van der Waals surface area contributed by atoms with E-state index in [1.807, 2.05) is 36.1 Å². The van der Waals surface area contributed by atoms with Gasteiger partial charge in [-0.05, 0) is 62.6 Å². The van der Waals surface area contributed by atoms with Crippen molar-refractivity contribution < 1.29 is 19.4 Å². The first-order valence-electron chi connectivity index (χ1n) is 11.4. The molecule has 30 heavy (non-hydrogen) atoms. The standard InChI is InChI=1S/C24H36N2O4/c1-18-3-5-20(6-4-18)29-16-23(28)26-11-8-24(9-12-26)13-21(30-17-24)14-25-10-7-19(2)22(27)15-25/h3-6,19,21-22,27H,7-17H2,1-2H3/t19-,21?,22-/m1/s1. The van der Waals surface area contributed by atoms with E-state index in [1.54, 1.807) is 0 Å². The normalized spacial score (nSPS) is 29.3. The first kappa shape index (κ1) is 21.6. The Balaban J connectivity index is 1.20. The number of carbonyl (C=O) groups is 1. The summed E-state index contributed by atoms with van der Waals surface area (Å²) in [5.41, 5.74) is 1.39. The molecule has 1 unspecified atom stereocenters. The third kappa shape index (κ3) is 5.16. The summed E-state index contributed by atoms with van der Waals surface area (Å²) in [6.07, 6.45) is 4.15. The van der Waals surface area contributed by atoms with Crippen molar-refractivity contribution in [1.29, 1.82) is 0 Å². The highest BCUT2D eigenvalue weighted by Gasteiger charge is 2.43. The first-order valence-corrected chi connectivity index (χ1v) is 11.4. The van der Waals surface area contributed by atoms with Gasteiger partial charge in [-0.3, -0.25) is 9.69 Å². The van der Waals surface area contributed by atoms with Gasteiger partial charge in [-0.25, -0.2) is 0 Å². The summed E-state index contributed by atoms with van der Waals surface area (Å²) in [6, 6.07) is 7.80. The minimum atomic E-state index is -0.217. The Morgan fingerprint density at radius 1 is 1.23 bits per heavy atom. The molecule has 0 bridgehead atoms. The average Bonchev–Trinajstić information content (AvgIpc) is 3.12. The van der Waals surface area contributed by atoms with Crippen molar-refractivity contribution in [3.8, 4) is 5.75 Å². The number of rotatable bonds is 5. The van der Waals surface area contributed by atoms with Crippen LogP contribution in [0.15, 0.2) is 24.3 Å². The lowest BCUT2D eigenvalue weighted by Gasteiger charge is -2.39. The van der Waals surface area contributed by atoms with Crippen molar-refractivity contribution in [3.63, 3.8) is 0 Å². The number of hydrogen-bond donors (Lipinski definition) is 1. The van der Waals surface area contributed by atoms with Crippen LogP contribution in [-0.2, 0) is 9.53 Å². The molecule has 3 fully saturated rings. The Morgan fingerprint density at radius 2 is 1.97 bits per heavy atom.